The number of hydrogen-bond acceptors (Lipinski definition) is 4. The van der Waals surface area contributed by atoms with Crippen molar-refractivity contribution in [3.05, 3.63) is 33.8 Å². The second kappa shape index (κ2) is 7.94. The maximum Gasteiger partial charge on any atom is 0.339 e. The molecule has 0 radical (unpaired) electrons. The van der Waals surface area contributed by atoms with Gasteiger partial charge in [-0.15, -0.1) is 0 Å². The van der Waals surface area contributed by atoms with E-state index in [0.29, 0.717) is 36.1 Å². The van der Waals surface area contributed by atoms with Gasteiger partial charge in [0.25, 0.3) is 0 Å². The summed E-state index contributed by atoms with van der Waals surface area (Å²) in [5, 5.41) is 0. The topological polar surface area (TPSA) is 52.6 Å². The van der Waals surface area contributed by atoms with Crippen molar-refractivity contribution >= 4 is 27.9 Å². The van der Waals surface area contributed by atoms with Crippen molar-refractivity contribution in [3.63, 3.8) is 0 Å². The smallest absolute Gasteiger partial charge is 0.339 e. The molecular weight excluding hydrogens is 312 g/mol. The number of carbonyl (C=O) groups excluding carboxylic acids is 2. The van der Waals surface area contributed by atoms with Crippen molar-refractivity contribution < 1.29 is 19.1 Å². The van der Waals surface area contributed by atoms with Gasteiger partial charge in [-0.25, -0.2) is 4.79 Å². The SMILES string of the molecule is CCOC(=O)CCc1ccc(Br)c(C(=O)OCC)c1. The summed E-state index contributed by atoms with van der Waals surface area (Å²) in [5.74, 6) is -0.601. The summed E-state index contributed by atoms with van der Waals surface area (Å²) >= 11 is 3.31. The van der Waals surface area contributed by atoms with Gasteiger partial charge in [-0.05, 0) is 53.9 Å². The molecule has 0 fully saturated rings. The molecule has 0 heterocycles. The van der Waals surface area contributed by atoms with E-state index >= 15 is 0 Å². The van der Waals surface area contributed by atoms with E-state index in [-0.39, 0.29) is 11.9 Å². The first-order valence-corrected chi connectivity index (χ1v) is 6.99. The maximum atomic E-state index is 11.7. The van der Waals surface area contributed by atoms with E-state index in [2.05, 4.69) is 15.9 Å². The molecule has 1 aromatic rings. The zero-order valence-electron chi connectivity index (χ0n) is 11.1. The Morgan fingerprint density at radius 3 is 2.47 bits per heavy atom. The minimum Gasteiger partial charge on any atom is -0.466 e. The van der Waals surface area contributed by atoms with E-state index in [9.17, 15) is 9.59 Å². The molecule has 0 aliphatic carbocycles. The van der Waals surface area contributed by atoms with Crippen molar-refractivity contribution in [2.75, 3.05) is 13.2 Å². The van der Waals surface area contributed by atoms with Gasteiger partial charge in [0.2, 0.25) is 0 Å². The monoisotopic (exact) mass is 328 g/mol. The maximum absolute atomic E-state index is 11.7. The van der Waals surface area contributed by atoms with Crippen LogP contribution in [0.1, 0.15) is 36.2 Å². The van der Waals surface area contributed by atoms with Crippen LogP contribution in [0.3, 0.4) is 0 Å². The highest BCUT2D eigenvalue weighted by atomic mass is 79.9. The minimum absolute atomic E-state index is 0.233. The summed E-state index contributed by atoms with van der Waals surface area (Å²) in [5.41, 5.74) is 1.38. The van der Waals surface area contributed by atoms with Gasteiger partial charge >= 0.3 is 11.9 Å². The second-order valence-electron chi connectivity index (χ2n) is 3.84. The molecule has 0 aliphatic heterocycles. The number of halogens is 1. The van der Waals surface area contributed by atoms with Crippen LogP contribution in [-0.2, 0) is 20.7 Å². The Kier molecular flexibility index (Phi) is 6.56. The average Bonchev–Trinajstić information content (AvgIpc) is 2.38. The lowest BCUT2D eigenvalue weighted by molar-refractivity contribution is -0.143. The van der Waals surface area contributed by atoms with E-state index < -0.39 is 0 Å². The predicted octanol–water partition coefficient (Wildman–Crippen LogP) is 3.12. The predicted molar refractivity (Wildman–Crippen MR) is 75.1 cm³/mol. The number of rotatable bonds is 6. The van der Waals surface area contributed by atoms with Gasteiger partial charge in [-0.3, -0.25) is 4.79 Å². The third-order valence-corrected chi connectivity index (χ3v) is 3.14. The van der Waals surface area contributed by atoms with Gasteiger partial charge in [0.05, 0.1) is 18.8 Å². The summed E-state index contributed by atoms with van der Waals surface area (Å²) in [7, 11) is 0. The zero-order chi connectivity index (χ0) is 14.3. The fraction of sp³-hybridized carbons (Fsp3) is 0.429. The molecule has 104 valence electrons. The molecule has 0 saturated heterocycles. The third kappa shape index (κ3) is 5.03. The average molecular weight is 329 g/mol. The molecular formula is C14H17BrO4. The molecule has 0 bridgehead atoms. The van der Waals surface area contributed by atoms with Crippen LogP contribution >= 0.6 is 15.9 Å². The van der Waals surface area contributed by atoms with Crippen molar-refractivity contribution in [2.45, 2.75) is 26.7 Å². The molecule has 0 atom stereocenters. The Bertz CT molecular complexity index is 457. The zero-order valence-corrected chi connectivity index (χ0v) is 12.7. The number of ether oxygens (including phenoxy) is 2. The van der Waals surface area contributed by atoms with Crippen LogP contribution in [0.5, 0.6) is 0 Å². The first-order chi connectivity index (χ1) is 9.08. The van der Waals surface area contributed by atoms with Gasteiger partial charge in [-0.1, -0.05) is 6.07 Å². The number of aryl methyl sites for hydroxylation is 1. The minimum atomic E-state index is -0.368. The number of hydrogen-bond donors (Lipinski definition) is 0. The van der Waals surface area contributed by atoms with E-state index in [1.165, 1.54) is 0 Å². The quantitative estimate of drug-likeness (QED) is 0.753. The molecule has 0 aromatic heterocycles. The summed E-state index contributed by atoms with van der Waals surface area (Å²) in [4.78, 5) is 23.0. The molecule has 5 heteroatoms. The molecule has 0 spiro atoms. The highest BCUT2D eigenvalue weighted by Gasteiger charge is 2.12. The van der Waals surface area contributed by atoms with Crippen molar-refractivity contribution in [3.8, 4) is 0 Å². The Morgan fingerprint density at radius 2 is 1.84 bits per heavy atom. The van der Waals surface area contributed by atoms with Crippen LogP contribution in [0, 0.1) is 0 Å². The summed E-state index contributed by atoms with van der Waals surface area (Å²) in [6.45, 7) is 4.25. The standard InChI is InChI=1S/C14H17BrO4/c1-3-18-13(16)8-6-10-5-7-12(15)11(9-10)14(17)19-4-2/h5,7,9H,3-4,6,8H2,1-2H3. The highest BCUT2D eigenvalue weighted by molar-refractivity contribution is 9.10. The van der Waals surface area contributed by atoms with Gasteiger partial charge in [0.15, 0.2) is 0 Å². The Labute approximate surface area is 121 Å². The van der Waals surface area contributed by atoms with Crippen LogP contribution in [0.2, 0.25) is 0 Å². The van der Waals surface area contributed by atoms with E-state index in [0.717, 1.165) is 5.56 Å². The lowest BCUT2D eigenvalue weighted by Gasteiger charge is -2.07. The summed E-state index contributed by atoms with van der Waals surface area (Å²) in [6.07, 6.45) is 0.844. The van der Waals surface area contributed by atoms with E-state index in [1.807, 2.05) is 6.07 Å². The van der Waals surface area contributed by atoms with Crippen molar-refractivity contribution in [1.29, 1.82) is 0 Å². The number of esters is 2. The molecule has 19 heavy (non-hydrogen) atoms. The van der Waals surface area contributed by atoms with Crippen LogP contribution in [0.25, 0.3) is 0 Å². The molecule has 0 N–H and O–H groups in total. The Balaban J connectivity index is 2.73. The van der Waals surface area contributed by atoms with Crippen molar-refractivity contribution in [2.24, 2.45) is 0 Å². The van der Waals surface area contributed by atoms with Crippen molar-refractivity contribution in [1.82, 2.24) is 0 Å². The normalized spacial score (nSPS) is 10.1. The second-order valence-corrected chi connectivity index (χ2v) is 4.69. The van der Waals surface area contributed by atoms with Gasteiger partial charge in [0, 0.05) is 10.9 Å². The number of carbonyl (C=O) groups is 2. The van der Waals surface area contributed by atoms with Crippen LogP contribution in [0.15, 0.2) is 22.7 Å². The van der Waals surface area contributed by atoms with Gasteiger partial charge < -0.3 is 9.47 Å². The molecule has 0 unspecified atom stereocenters. The Morgan fingerprint density at radius 1 is 1.16 bits per heavy atom. The van der Waals surface area contributed by atoms with Crippen LogP contribution in [-0.4, -0.2) is 25.2 Å². The summed E-state index contributed by atoms with van der Waals surface area (Å²) < 4.78 is 10.5. The Hall–Kier alpha value is -1.36. The molecule has 4 nitrogen and oxygen atoms in total. The largest absolute Gasteiger partial charge is 0.466 e. The van der Waals surface area contributed by atoms with Gasteiger partial charge in [0.1, 0.15) is 0 Å². The molecule has 0 saturated carbocycles. The third-order valence-electron chi connectivity index (χ3n) is 2.45. The lowest BCUT2D eigenvalue weighted by atomic mass is 10.1. The van der Waals surface area contributed by atoms with Crippen LogP contribution in [0.4, 0.5) is 0 Å². The van der Waals surface area contributed by atoms with Crippen LogP contribution < -0.4 is 0 Å². The first-order valence-electron chi connectivity index (χ1n) is 6.19. The fourth-order valence-electron chi connectivity index (χ4n) is 1.57. The van der Waals surface area contributed by atoms with E-state index in [1.54, 1.807) is 26.0 Å². The first kappa shape index (κ1) is 15.7. The van der Waals surface area contributed by atoms with Gasteiger partial charge in [-0.2, -0.15) is 0 Å². The molecule has 0 aliphatic rings. The fourth-order valence-corrected chi connectivity index (χ4v) is 1.98. The molecule has 0 amide bonds. The molecule has 1 aromatic carbocycles. The van der Waals surface area contributed by atoms with E-state index in [4.69, 9.17) is 9.47 Å². The molecule has 1 rings (SSSR count). The summed E-state index contributed by atoms with van der Waals surface area (Å²) in [6, 6.07) is 5.39. The highest BCUT2D eigenvalue weighted by Crippen LogP contribution is 2.20. The number of benzene rings is 1. The lowest BCUT2D eigenvalue weighted by Crippen LogP contribution is -2.08.